The molecule has 1 aliphatic heterocycles. The number of carboxylic acid groups (broad SMARTS) is 1. The number of hydrogen-bond donors (Lipinski definition) is 3. The standard InChI is InChI=1S/C15H13Cl2N3O2.C3H8NO5P.C3H9S/c1-2-7-22-13-9-12(10(16)8-11(13)17)20-15(21)19-6-4-3-5-14(19)18-20;5-3(6)1-4-2-10(7,8)9;1-4(2)3/h1,8-9H,3-7H2;4H,1-2H2,(H,5,6)(H2,7,8,9);1-3H3/q;;+1/p-1. The van der Waals surface area contributed by atoms with Crippen molar-refractivity contribution in [3.05, 3.63) is 38.5 Å². The molecule has 0 spiro atoms. The molecule has 1 aromatic heterocycles. The first-order valence-electron chi connectivity index (χ1n) is 10.5. The molecule has 0 saturated heterocycles. The summed E-state index contributed by atoms with van der Waals surface area (Å²) in [5, 5.41) is 15.0. The SMILES string of the molecule is C#CCOc1cc(-n2nc3n(c2=O)CCCC3)c(Cl)cc1Cl.C[S+](C)C.O=C(O)CNCP(=O)([O-])O. The Bertz CT molecular complexity index is 1170. The molecule has 0 saturated carbocycles. The van der Waals surface area contributed by atoms with Gasteiger partial charge >= 0.3 is 11.7 Å². The highest BCUT2D eigenvalue weighted by atomic mass is 35.5. The van der Waals surface area contributed by atoms with Crippen molar-refractivity contribution in [2.24, 2.45) is 0 Å². The van der Waals surface area contributed by atoms with Crippen molar-refractivity contribution in [1.82, 2.24) is 19.7 Å². The molecule has 0 fully saturated rings. The molecule has 0 amide bonds. The zero-order valence-corrected chi connectivity index (χ0v) is 23.3. The van der Waals surface area contributed by atoms with Gasteiger partial charge in [0.1, 0.15) is 25.8 Å². The molecular formula is C21H29Cl2N4O7PS. The lowest BCUT2D eigenvalue weighted by Crippen LogP contribution is -2.26. The van der Waals surface area contributed by atoms with Gasteiger partial charge in [-0.15, -0.1) is 11.5 Å². The minimum Gasteiger partial charge on any atom is -0.778 e. The van der Waals surface area contributed by atoms with Crippen molar-refractivity contribution in [1.29, 1.82) is 0 Å². The molecule has 36 heavy (non-hydrogen) atoms. The van der Waals surface area contributed by atoms with Gasteiger partial charge in [0.2, 0.25) is 0 Å². The predicted octanol–water partition coefficient (Wildman–Crippen LogP) is 1.35. The van der Waals surface area contributed by atoms with Gasteiger partial charge in [-0.3, -0.25) is 14.7 Å². The summed E-state index contributed by atoms with van der Waals surface area (Å²) in [6.07, 6.45) is 13.8. The van der Waals surface area contributed by atoms with Crippen LogP contribution in [0.4, 0.5) is 0 Å². The summed E-state index contributed by atoms with van der Waals surface area (Å²) in [5.41, 5.74) is 0.229. The summed E-state index contributed by atoms with van der Waals surface area (Å²) in [6, 6.07) is 3.11. The van der Waals surface area contributed by atoms with Gasteiger partial charge in [0.05, 0.1) is 47.3 Å². The number of carboxylic acids is 1. The fourth-order valence-electron chi connectivity index (χ4n) is 2.77. The average molecular weight is 583 g/mol. The second-order valence-corrected chi connectivity index (χ2v) is 12.6. The number of aliphatic carboxylic acids is 1. The number of benzene rings is 1. The quantitative estimate of drug-likeness (QED) is 0.249. The van der Waals surface area contributed by atoms with Crippen molar-refractivity contribution < 1.29 is 29.0 Å². The van der Waals surface area contributed by atoms with Crippen molar-refractivity contribution in [2.75, 3.05) is 38.2 Å². The van der Waals surface area contributed by atoms with Gasteiger partial charge in [-0.25, -0.2) is 4.79 Å². The molecule has 2 heterocycles. The maximum atomic E-state index is 12.5. The van der Waals surface area contributed by atoms with Crippen LogP contribution in [0.3, 0.4) is 0 Å². The maximum absolute atomic E-state index is 12.5. The van der Waals surface area contributed by atoms with E-state index in [1.807, 2.05) is 5.32 Å². The fraction of sp³-hybridized carbons (Fsp3) is 0.476. The highest BCUT2D eigenvalue weighted by Gasteiger charge is 2.20. The number of aryl methyl sites for hydroxylation is 1. The molecule has 11 nitrogen and oxygen atoms in total. The minimum absolute atomic E-state index is 0.0788. The van der Waals surface area contributed by atoms with Crippen molar-refractivity contribution in [3.8, 4) is 23.8 Å². The van der Waals surface area contributed by atoms with Crippen molar-refractivity contribution >= 4 is 47.7 Å². The van der Waals surface area contributed by atoms with Crippen LogP contribution in [0.1, 0.15) is 18.7 Å². The Morgan fingerprint density at radius 2 is 1.97 bits per heavy atom. The molecule has 200 valence electrons. The topological polar surface area (TPSA) is 159 Å². The summed E-state index contributed by atoms with van der Waals surface area (Å²) in [5.74, 6) is 2.34. The van der Waals surface area contributed by atoms with Crippen LogP contribution < -0.4 is 20.6 Å². The molecule has 3 rings (SSSR count). The number of hydrogen-bond acceptors (Lipinski definition) is 7. The number of nitrogens with one attached hydrogen (secondary N) is 1. The number of terminal acetylenes is 1. The van der Waals surface area contributed by atoms with Crippen LogP contribution in [0.5, 0.6) is 5.75 Å². The number of halogens is 2. The van der Waals surface area contributed by atoms with Gasteiger partial charge in [0.15, 0.2) is 0 Å². The van der Waals surface area contributed by atoms with Crippen LogP contribution in [0.25, 0.3) is 5.69 Å². The van der Waals surface area contributed by atoms with Gasteiger partial charge in [-0.2, -0.15) is 4.68 Å². The Morgan fingerprint density at radius 3 is 2.50 bits per heavy atom. The van der Waals surface area contributed by atoms with E-state index in [2.05, 4.69) is 29.8 Å². The fourth-order valence-corrected chi connectivity index (χ4v) is 3.68. The number of fused-ring (bicyclic) bond motifs is 1. The Labute approximate surface area is 222 Å². The van der Waals surface area contributed by atoms with E-state index in [0.717, 1.165) is 25.1 Å². The van der Waals surface area contributed by atoms with Crippen LogP contribution >= 0.6 is 30.8 Å². The lowest BCUT2D eigenvalue weighted by atomic mass is 10.2. The Kier molecular flexibility index (Phi) is 13.6. The second-order valence-electron chi connectivity index (χ2n) is 7.79. The molecule has 2 aromatic rings. The predicted molar refractivity (Wildman–Crippen MR) is 141 cm³/mol. The Balaban J connectivity index is 0.000000388. The molecule has 15 heteroatoms. The molecule has 1 unspecified atom stereocenters. The van der Waals surface area contributed by atoms with Gasteiger partial charge in [-0.05, 0) is 29.8 Å². The van der Waals surface area contributed by atoms with E-state index in [0.29, 0.717) is 38.9 Å². The van der Waals surface area contributed by atoms with Crippen LogP contribution in [-0.4, -0.2) is 68.5 Å². The number of rotatable bonds is 7. The van der Waals surface area contributed by atoms with Crippen LogP contribution in [0.15, 0.2) is 16.9 Å². The van der Waals surface area contributed by atoms with Crippen molar-refractivity contribution in [3.63, 3.8) is 0 Å². The van der Waals surface area contributed by atoms with Crippen molar-refractivity contribution in [2.45, 2.75) is 25.8 Å². The van der Waals surface area contributed by atoms with E-state index in [1.54, 1.807) is 10.6 Å². The molecule has 1 aliphatic rings. The number of nitrogens with zero attached hydrogens (tertiary/aromatic N) is 3. The molecule has 1 atom stereocenters. The van der Waals surface area contributed by atoms with E-state index in [9.17, 15) is 19.0 Å². The van der Waals surface area contributed by atoms with Gasteiger partial charge in [-0.1, -0.05) is 29.1 Å². The summed E-state index contributed by atoms with van der Waals surface area (Å²) in [7, 11) is -3.71. The third-order valence-corrected chi connectivity index (χ3v) is 5.32. The first-order chi connectivity index (χ1) is 16.8. The van der Waals surface area contributed by atoms with Crippen LogP contribution in [0, 0.1) is 12.3 Å². The lowest BCUT2D eigenvalue weighted by molar-refractivity contribution is -0.193. The number of aromatic nitrogens is 3. The summed E-state index contributed by atoms with van der Waals surface area (Å²) < 4.78 is 18.3. The zero-order chi connectivity index (χ0) is 27.5. The first kappa shape index (κ1) is 32.1. The van der Waals surface area contributed by atoms with Gasteiger partial charge in [0, 0.05) is 19.0 Å². The van der Waals surface area contributed by atoms with Crippen LogP contribution in [0.2, 0.25) is 10.0 Å². The molecule has 1 aromatic carbocycles. The summed E-state index contributed by atoms with van der Waals surface area (Å²) in [6.45, 7) is 0.280. The lowest BCUT2D eigenvalue weighted by Gasteiger charge is -2.14. The monoisotopic (exact) mass is 582 g/mol. The normalized spacial score (nSPS) is 13.8. The van der Waals surface area contributed by atoms with E-state index in [1.165, 1.54) is 10.7 Å². The van der Waals surface area contributed by atoms with E-state index in [4.69, 9.17) is 44.4 Å². The molecule has 0 aliphatic carbocycles. The summed E-state index contributed by atoms with van der Waals surface area (Å²) >= 11 is 12.3. The minimum atomic E-state index is -4.35. The van der Waals surface area contributed by atoms with E-state index in [-0.39, 0.29) is 12.3 Å². The number of ether oxygens (including phenoxy) is 1. The smallest absolute Gasteiger partial charge is 0.350 e. The maximum Gasteiger partial charge on any atom is 0.350 e. The van der Waals surface area contributed by atoms with E-state index < -0.39 is 26.4 Å². The Hall–Kier alpha value is -1.97. The van der Waals surface area contributed by atoms with Gasteiger partial charge in [0.25, 0.3) is 0 Å². The second kappa shape index (κ2) is 15.3. The first-order valence-corrected chi connectivity index (χ1v) is 15.4. The average Bonchev–Trinajstić information content (AvgIpc) is 3.08. The largest absolute Gasteiger partial charge is 0.778 e. The highest BCUT2D eigenvalue weighted by Crippen LogP contribution is 2.32. The molecule has 0 bridgehead atoms. The highest BCUT2D eigenvalue weighted by molar-refractivity contribution is 7.94. The van der Waals surface area contributed by atoms with E-state index >= 15 is 0 Å². The summed E-state index contributed by atoms with van der Waals surface area (Å²) in [4.78, 5) is 40.2. The molecular weight excluding hydrogens is 554 g/mol. The zero-order valence-electron chi connectivity index (χ0n) is 20.1. The third kappa shape index (κ3) is 11.4. The van der Waals surface area contributed by atoms with Gasteiger partial charge < -0.3 is 24.2 Å². The molecule has 3 N–H and O–H groups in total. The van der Waals surface area contributed by atoms with Crippen LogP contribution in [-0.2, 0) is 33.2 Å². The Morgan fingerprint density at radius 1 is 1.33 bits per heavy atom. The molecule has 0 radical (unpaired) electrons. The third-order valence-electron chi connectivity index (χ3n) is 4.10. The number of carbonyl (C=O) groups is 1.